The number of aryl methyl sites for hydroxylation is 1. The number of nitrogens with zero attached hydrogens (tertiary/aromatic N) is 2. The molecule has 0 spiro atoms. The molecule has 2 amide bonds. The van der Waals surface area contributed by atoms with Crippen LogP contribution >= 0.6 is 0 Å². The third kappa shape index (κ3) is 11.6. The second-order valence-electron chi connectivity index (χ2n) is 11.4. The van der Waals surface area contributed by atoms with Gasteiger partial charge in [-0.25, -0.2) is 18.8 Å². The smallest absolute Gasteiger partial charge is 0.336 e. The van der Waals surface area contributed by atoms with E-state index in [-0.39, 0.29) is 30.7 Å². The Morgan fingerprint density at radius 2 is 1.58 bits per heavy atom. The average molecular weight is 654 g/mol. The van der Waals surface area contributed by atoms with Gasteiger partial charge < -0.3 is 24.8 Å². The number of aromatic carboxylic acids is 1. The summed E-state index contributed by atoms with van der Waals surface area (Å²) in [5, 5.41) is 12.4. The topological polar surface area (TPSA) is 118 Å². The molecule has 4 aromatic rings. The van der Waals surface area contributed by atoms with Gasteiger partial charge in [0.15, 0.2) is 0 Å². The molecule has 0 bridgehead atoms. The lowest BCUT2D eigenvalue weighted by Gasteiger charge is -2.30. The van der Waals surface area contributed by atoms with Gasteiger partial charge in [0.1, 0.15) is 5.82 Å². The monoisotopic (exact) mass is 653 g/mol. The van der Waals surface area contributed by atoms with Crippen molar-refractivity contribution in [2.24, 2.45) is 4.99 Å². The normalized spacial score (nSPS) is 15.3. The fourth-order valence-electron chi connectivity index (χ4n) is 5.44. The maximum Gasteiger partial charge on any atom is 0.336 e. The number of carboxylic acid groups (broad SMARTS) is 1. The summed E-state index contributed by atoms with van der Waals surface area (Å²) in [6.45, 7) is 3.20. The van der Waals surface area contributed by atoms with Crippen molar-refractivity contribution < 1.29 is 33.4 Å². The Kier molecular flexibility index (Phi) is 14.0. The Bertz CT molecular complexity index is 1650. The van der Waals surface area contributed by atoms with Crippen LogP contribution < -0.4 is 5.32 Å². The summed E-state index contributed by atoms with van der Waals surface area (Å²) in [6.07, 6.45) is 4.91. The standard InChI is InChI=1S/C31H35FN2O5.C7H5NO/c1-22-7-5-10-24(29(22)30(35)36)21-39-28-12-6-11-27(19-28)38-18-17-34(20-23-8-3-2-4-9-23)31(37)33-26-15-13-25(32)14-16-26;9-6-8-7-4-2-1-3-5-7/h2-5,7-10,13-16,27-28H,6,11-12,17-21H2,1H3,(H,33,37)(H,35,36);1-5H. The number of anilines is 1. The van der Waals surface area contributed by atoms with Crippen molar-refractivity contribution in [3.05, 3.63) is 131 Å². The maximum absolute atomic E-state index is 13.3. The van der Waals surface area contributed by atoms with Gasteiger partial charge in [-0.15, -0.1) is 0 Å². The third-order valence-corrected chi connectivity index (χ3v) is 7.87. The van der Waals surface area contributed by atoms with E-state index in [0.29, 0.717) is 48.6 Å². The molecule has 5 rings (SSSR count). The number of carbonyl (C=O) groups is 2. The summed E-state index contributed by atoms with van der Waals surface area (Å²) in [4.78, 5) is 39.5. The molecule has 2 N–H and O–H groups in total. The van der Waals surface area contributed by atoms with Gasteiger partial charge in [0, 0.05) is 18.8 Å². The molecule has 0 saturated heterocycles. The highest BCUT2D eigenvalue weighted by Crippen LogP contribution is 2.26. The maximum atomic E-state index is 13.3. The number of hydrogen-bond acceptors (Lipinski definition) is 6. The zero-order valence-corrected chi connectivity index (χ0v) is 26.9. The van der Waals surface area contributed by atoms with Crippen LogP contribution in [0.3, 0.4) is 0 Å². The number of amides is 2. The van der Waals surface area contributed by atoms with Crippen LogP contribution in [0, 0.1) is 12.7 Å². The Morgan fingerprint density at radius 1 is 0.917 bits per heavy atom. The molecule has 1 aliphatic rings. The first-order chi connectivity index (χ1) is 23.3. The van der Waals surface area contributed by atoms with Crippen LogP contribution in [-0.4, -0.2) is 53.4 Å². The molecule has 250 valence electrons. The molecule has 9 nitrogen and oxygen atoms in total. The number of halogens is 1. The van der Waals surface area contributed by atoms with Crippen LogP contribution in [0.1, 0.15) is 52.7 Å². The highest BCUT2D eigenvalue weighted by molar-refractivity contribution is 5.91. The van der Waals surface area contributed by atoms with Crippen molar-refractivity contribution in [3.63, 3.8) is 0 Å². The number of carbonyl (C=O) groups excluding carboxylic acids is 2. The number of aliphatic imine (C=N–C) groups is 1. The van der Waals surface area contributed by atoms with Gasteiger partial charge in [0.2, 0.25) is 6.08 Å². The fraction of sp³-hybridized carbons (Fsp3) is 0.289. The summed E-state index contributed by atoms with van der Waals surface area (Å²) >= 11 is 0. The Balaban J connectivity index is 0.000000500. The van der Waals surface area contributed by atoms with Crippen molar-refractivity contribution in [1.82, 2.24) is 4.90 Å². The van der Waals surface area contributed by atoms with E-state index in [9.17, 15) is 23.9 Å². The zero-order chi connectivity index (χ0) is 34.1. The summed E-state index contributed by atoms with van der Waals surface area (Å²) in [6, 6.07) is 29.5. The SMILES string of the molecule is Cc1cccc(COC2CCCC(OCCN(Cc3ccccc3)C(=O)Nc3ccc(F)cc3)C2)c1C(=O)O.O=C=Nc1ccccc1. The number of ether oxygens (including phenoxy) is 2. The van der Waals surface area contributed by atoms with Crippen LogP contribution in [0.5, 0.6) is 0 Å². The molecule has 0 radical (unpaired) electrons. The fourth-order valence-corrected chi connectivity index (χ4v) is 5.44. The molecule has 0 aromatic heterocycles. The van der Waals surface area contributed by atoms with Crippen LogP contribution in [0.4, 0.5) is 20.6 Å². The molecule has 4 aromatic carbocycles. The van der Waals surface area contributed by atoms with E-state index in [2.05, 4.69) is 10.3 Å². The predicted molar refractivity (Wildman–Crippen MR) is 181 cm³/mol. The van der Waals surface area contributed by atoms with Crippen LogP contribution in [0.15, 0.2) is 108 Å². The lowest BCUT2D eigenvalue weighted by atomic mass is 9.94. The quantitative estimate of drug-likeness (QED) is 0.118. The largest absolute Gasteiger partial charge is 0.478 e. The Labute approximate surface area is 280 Å². The molecule has 2 atom stereocenters. The molecule has 1 saturated carbocycles. The molecule has 48 heavy (non-hydrogen) atoms. The third-order valence-electron chi connectivity index (χ3n) is 7.87. The van der Waals surface area contributed by atoms with Gasteiger partial charge in [-0.2, -0.15) is 4.99 Å². The Hall–Kier alpha value is -5.15. The first-order valence-electron chi connectivity index (χ1n) is 15.9. The summed E-state index contributed by atoms with van der Waals surface area (Å²) in [5.74, 6) is -1.31. The second kappa shape index (κ2) is 18.9. The molecule has 2 unspecified atom stereocenters. The van der Waals surface area contributed by atoms with Crippen LogP contribution in [-0.2, 0) is 27.4 Å². The molecule has 10 heteroatoms. The second-order valence-corrected chi connectivity index (χ2v) is 11.4. The van der Waals surface area contributed by atoms with E-state index in [0.717, 1.165) is 30.4 Å². The summed E-state index contributed by atoms with van der Waals surface area (Å²) in [5.41, 5.74) is 3.86. The van der Waals surface area contributed by atoms with Crippen molar-refractivity contribution in [1.29, 1.82) is 0 Å². The summed E-state index contributed by atoms with van der Waals surface area (Å²) < 4.78 is 25.6. The van der Waals surface area contributed by atoms with E-state index in [1.165, 1.54) is 30.3 Å². The van der Waals surface area contributed by atoms with E-state index >= 15 is 0 Å². The number of nitrogens with one attached hydrogen (secondary N) is 1. The first kappa shape index (κ1) is 35.7. The minimum Gasteiger partial charge on any atom is -0.478 e. The number of hydrogen-bond donors (Lipinski definition) is 2. The molecular weight excluding hydrogens is 613 g/mol. The predicted octanol–water partition coefficient (Wildman–Crippen LogP) is 8.06. The molecule has 0 heterocycles. The summed E-state index contributed by atoms with van der Waals surface area (Å²) in [7, 11) is 0. The van der Waals surface area contributed by atoms with Crippen molar-refractivity contribution in [2.45, 2.75) is 58.0 Å². The number of isocyanates is 1. The van der Waals surface area contributed by atoms with E-state index in [4.69, 9.17) is 9.47 Å². The van der Waals surface area contributed by atoms with Crippen molar-refractivity contribution in [3.8, 4) is 0 Å². The van der Waals surface area contributed by atoms with Gasteiger partial charge in [-0.05, 0) is 85.7 Å². The lowest BCUT2D eigenvalue weighted by Crippen LogP contribution is -2.38. The van der Waals surface area contributed by atoms with Crippen LogP contribution in [0.2, 0.25) is 0 Å². The van der Waals surface area contributed by atoms with E-state index in [1.807, 2.05) is 54.6 Å². The molecule has 0 aliphatic heterocycles. The number of rotatable bonds is 12. The van der Waals surface area contributed by atoms with Crippen molar-refractivity contribution >= 4 is 29.5 Å². The number of para-hydroxylation sites is 1. The molecular formula is C38H40FN3O6. The minimum atomic E-state index is -0.944. The van der Waals surface area contributed by atoms with Gasteiger partial charge >= 0.3 is 12.0 Å². The van der Waals surface area contributed by atoms with Gasteiger partial charge in [0.25, 0.3) is 0 Å². The zero-order valence-electron chi connectivity index (χ0n) is 26.9. The highest BCUT2D eigenvalue weighted by Gasteiger charge is 2.25. The minimum absolute atomic E-state index is 0.000983. The van der Waals surface area contributed by atoms with Gasteiger partial charge in [0.05, 0.1) is 36.7 Å². The van der Waals surface area contributed by atoms with Crippen molar-refractivity contribution in [2.75, 3.05) is 18.5 Å². The number of urea groups is 1. The highest BCUT2D eigenvalue weighted by atomic mass is 19.1. The first-order valence-corrected chi connectivity index (χ1v) is 15.9. The average Bonchev–Trinajstić information content (AvgIpc) is 3.09. The number of benzene rings is 4. The molecule has 1 fully saturated rings. The van der Waals surface area contributed by atoms with Crippen LogP contribution in [0.25, 0.3) is 0 Å². The molecule has 1 aliphatic carbocycles. The lowest BCUT2D eigenvalue weighted by molar-refractivity contribution is -0.0524. The van der Waals surface area contributed by atoms with E-state index in [1.54, 1.807) is 36.1 Å². The van der Waals surface area contributed by atoms with E-state index < -0.39 is 5.97 Å². The Morgan fingerprint density at radius 3 is 2.25 bits per heavy atom. The van der Waals surface area contributed by atoms with Gasteiger partial charge in [-0.1, -0.05) is 66.7 Å². The number of carboxylic acids is 1. The van der Waals surface area contributed by atoms with Gasteiger partial charge in [-0.3, -0.25) is 0 Å².